The van der Waals surface area contributed by atoms with E-state index in [0.717, 1.165) is 12.0 Å². The smallest absolute Gasteiger partial charge is 0.257 e. The van der Waals surface area contributed by atoms with Gasteiger partial charge >= 0.3 is 0 Å². The van der Waals surface area contributed by atoms with E-state index in [9.17, 15) is 9.59 Å². The van der Waals surface area contributed by atoms with Crippen LogP contribution in [0.1, 0.15) is 42.6 Å². The van der Waals surface area contributed by atoms with Crippen molar-refractivity contribution < 1.29 is 14.3 Å². The quantitative estimate of drug-likeness (QED) is 0.457. The van der Waals surface area contributed by atoms with Crippen LogP contribution in [0.25, 0.3) is 0 Å². The molecule has 2 aromatic carbocycles. The van der Waals surface area contributed by atoms with Crippen LogP contribution in [0.3, 0.4) is 0 Å². The summed E-state index contributed by atoms with van der Waals surface area (Å²) in [5.41, 5.74) is 6.54. The van der Waals surface area contributed by atoms with Gasteiger partial charge in [-0.2, -0.15) is 0 Å². The summed E-state index contributed by atoms with van der Waals surface area (Å²) in [4.78, 5) is 24.2. The summed E-state index contributed by atoms with van der Waals surface area (Å²) < 4.78 is 5.67. The predicted molar refractivity (Wildman–Crippen MR) is 117 cm³/mol. The molecule has 0 radical (unpaired) electrons. The van der Waals surface area contributed by atoms with Crippen LogP contribution in [-0.4, -0.2) is 23.5 Å². The van der Waals surface area contributed by atoms with Crippen LogP contribution in [0.4, 0.5) is 0 Å². The zero-order chi connectivity index (χ0) is 21.1. The first-order valence-corrected chi connectivity index (χ1v) is 10.0. The first kappa shape index (κ1) is 22.4. The van der Waals surface area contributed by atoms with E-state index in [-0.39, 0.29) is 16.9 Å². The molecule has 7 heteroatoms. The van der Waals surface area contributed by atoms with Crippen molar-refractivity contribution in [3.05, 3.63) is 65.7 Å². The minimum absolute atomic E-state index is 0.0224. The fourth-order valence-electron chi connectivity index (χ4n) is 2.44. The van der Waals surface area contributed by atoms with E-state index in [1.165, 1.54) is 0 Å². The maximum absolute atomic E-state index is 12.3. The second-order valence-corrected chi connectivity index (χ2v) is 7.41. The van der Waals surface area contributed by atoms with Gasteiger partial charge in [-0.15, -0.1) is 0 Å². The second-order valence-electron chi connectivity index (χ2n) is 7.00. The highest BCUT2D eigenvalue weighted by molar-refractivity contribution is 7.80. The summed E-state index contributed by atoms with van der Waals surface area (Å²) in [6.07, 6.45) is 1.87. The molecule has 154 valence electrons. The SMILES string of the molecule is CC(C)CCOc1cccc(C(=O)NC(=S)NNC(=O)CCc2ccccc2)c1. The molecule has 0 aromatic heterocycles. The van der Waals surface area contributed by atoms with Crippen LogP contribution in [0, 0.1) is 5.92 Å². The van der Waals surface area contributed by atoms with Crippen molar-refractivity contribution in [1.29, 1.82) is 0 Å². The molecule has 2 aromatic rings. The van der Waals surface area contributed by atoms with E-state index in [4.69, 9.17) is 17.0 Å². The van der Waals surface area contributed by atoms with Crippen LogP contribution < -0.4 is 20.9 Å². The van der Waals surface area contributed by atoms with Gasteiger partial charge in [0.2, 0.25) is 5.91 Å². The molecule has 6 nitrogen and oxygen atoms in total. The average molecular weight is 414 g/mol. The zero-order valence-electron chi connectivity index (χ0n) is 16.7. The van der Waals surface area contributed by atoms with Gasteiger partial charge in [-0.05, 0) is 54.7 Å². The van der Waals surface area contributed by atoms with Crippen molar-refractivity contribution in [3.63, 3.8) is 0 Å². The van der Waals surface area contributed by atoms with Gasteiger partial charge in [-0.3, -0.25) is 25.8 Å². The van der Waals surface area contributed by atoms with E-state index in [2.05, 4.69) is 30.0 Å². The molecular weight excluding hydrogens is 386 g/mol. The number of hydrogen-bond acceptors (Lipinski definition) is 4. The predicted octanol–water partition coefficient (Wildman–Crippen LogP) is 3.38. The highest BCUT2D eigenvalue weighted by Gasteiger charge is 2.10. The van der Waals surface area contributed by atoms with Crippen LogP contribution in [0.2, 0.25) is 0 Å². The molecule has 0 heterocycles. The molecule has 0 spiro atoms. The van der Waals surface area contributed by atoms with E-state index in [0.29, 0.717) is 36.7 Å². The Hall–Kier alpha value is -2.93. The van der Waals surface area contributed by atoms with Gasteiger partial charge in [0, 0.05) is 12.0 Å². The third-order valence-corrected chi connectivity index (χ3v) is 4.29. The molecule has 0 aliphatic heterocycles. The number of carbonyl (C=O) groups is 2. The Labute approximate surface area is 177 Å². The van der Waals surface area contributed by atoms with E-state index < -0.39 is 0 Å². The van der Waals surface area contributed by atoms with E-state index >= 15 is 0 Å². The lowest BCUT2D eigenvalue weighted by Crippen LogP contribution is -2.48. The largest absolute Gasteiger partial charge is 0.494 e. The van der Waals surface area contributed by atoms with Crippen LogP contribution in [0.5, 0.6) is 5.75 Å². The third kappa shape index (κ3) is 8.74. The molecule has 29 heavy (non-hydrogen) atoms. The number of carbonyl (C=O) groups excluding carboxylic acids is 2. The lowest BCUT2D eigenvalue weighted by Gasteiger charge is -2.12. The molecule has 0 saturated carbocycles. The summed E-state index contributed by atoms with van der Waals surface area (Å²) in [5.74, 6) is 0.584. The Balaban J connectivity index is 1.74. The maximum atomic E-state index is 12.3. The van der Waals surface area contributed by atoms with Crippen molar-refractivity contribution in [2.24, 2.45) is 5.92 Å². The number of hydrazine groups is 1. The molecule has 3 N–H and O–H groups in total. The van der Waals surface area contributed by atoms with Crippen molar-refractivity contribution >= 4 is 29.1 Å². The number of amides is 2. The van der Waals surface area contributed by atoms with Crippen LogP contribution in [-0.2, 0) is 11.2 Å². The number of hydrogen-bond donors (Lipinski definition) is 3. The Morgan fingerprint density at radius 1 is 1.03 bits per heavy atom. The highest BCUT2D eigenvalue weighted by atomic mass is 32.1. The maximum Gasteiger partial charge on any atom is 0.257 e. The molecule has 0 saturated heterocycles. The van der Waals surface area contributed by atoms with Gasteiger partial charge in [-0.25, -0.2) is 0 Å². The number of rotatable bonds is 8. The Bertz CT molecular complexity index is 825. The van der Waals surface area contributed by atoms with Gasteiger partial charge in [0.25, 0.3) is 5.91 Å². The minimum Gasteiger partial charge on any atom is -0.494 e. The van der Waals surface area contributed by atoms with Crippen molar-refractivity contribution in [3.8, 4) is 5.75 Å². The number of benzene rings is 2. The Kier molecular flexibility index (Phi) is 9.11. The fraction of sp³-hybridized carbons (Fsp3) is 0.318. The number of nitrogens with one attached hydrogen (secondary N) is 3. The molecule has 0 aliphatic rings. The third-order valence-electron chi connectivity index (χ3n) is 4.09. The summed E-state index contributed by atoms with van der Waals surface area (Å²) >= 11 is 5.07. The molecule has 0 aliphatic carbocycles. The first-order valence-electron chi connectivity index (χ1n) is 9.61. The van der Waals surface area contributed by atoms with Crippen LogP contribution in [0.15, 0.2) is 54.6 Å². The monoisotopic (exact) mass is 413 g/mol. The molecule has 0 unspecified atom stereocenters. The number of aryl methyl sites for hydroxylation is 1. The summed E-state index contributed by atoms with van der Waals surface area (Å²) in [5, 5.41) is 2.56. The standard InChI is InChI=1S/C22H27N3O3S/c1-16(2)13-14-28-19-10-6-9-18(15-19)21(27)23-22(29)25-24-20(26)12-11-17-7-4-3-5-8-17/h3-10,15-16H,11-14H2,1-2H3,(H,24,26)(H2,23,25,27,29). The first-order chi connectivity index (χ1) is 13.9. The lowest BCUT2D eigenvalue weighted by atomic mass is 10.1. The molecule has 0 atom stereocenters. The van der Waals surface area contributed by atoms with Gasteiger partial charge < -0.3 is 4.74 Å². The van der Waals surface area contributed by atoms with Gasteiger partial charge in [0.15, 0.2) is 5.11 Å². The minimum atomic E-state index is -0.379. The number of thiocarbonyl (C=S) groups is 1. The second kappa shape index (κ2) is 11.8. The van der Waals surface area contributed by atoms with E-state index in [1.54, 1.807) is 24.3 Å². The summed E-state index contributed by atoms with van der Waals surface area (Å²) in [7, 11) is 0. The van der Waals surface area contributed by atoms with Gasteiger partial charge in [0.1, 0.15) is 5.75 Å². The molecule has 2 rings (SSSR count). The van der Waals surface area contributed by atoms with Crippen molar-refractivity contribution in [2.45, 2.75) is 33.1 Å². The van der Waals surface area contributed by atoms with Crippen molar-refractivity contribution in [2.75, 3.05) is 6.61 Å². The van der Waals surface area contributed by atoms with Gasteiger partial charge in [-0.1, -0.05) is 50.2 Å². The lowest BCUT2D eigenvalue weighted by molar-refractivity contribution is -0.121. The topological polar surface area (TPSA) is 79.5 Å². The summed E-state index contributed by atoms with van der Waals surface area (Å²) in [6.45, 7) is 4.85. The zero-order valence-corrected chi connectivity index (χ0v) is 17.6. The average Bonchev–Trinajstić information content (AvgIpc) is 2.71. The molecule has 2 amide bonds. The van der Waals surface area contributed by atoms with E-state index in [1.807, 2.05) is 30.3 Å². The highest BCUT2D eigenvalue weighted by Crippen LogP contribution is 2.14. The molecule has 0 fully saturated rings. The Morgan fingerprint density at radius 2 is 1.79 bits per heavy atom. The Morgan fingerprint density at radius 3 is 2.52 bits per heavy atom. The molecule has 0 bridgehead atoms. The normalized spacial score (nSPS) is 10.3. The number of ether oxygens (including phenoxy) is 1. The fourth-order valence-corrected chi connectivity index (χ4v) is 2.58. The van der Waals surface area contributed by atoms with Gasteiger partial charge in [0.05, 0.1) is 6.61 Å². The summed E-state index contributed by atoms with van der Waals surface area (Å²) in [6, 6.07) is 16.6. The van der Waals surface area contributed by atoms with Crippen molar-refractivity contribution in [1.82, 2.24) is 16.2 Å². The van der Waals surface area contributed by atoms with Crippen LogP contribution >= 0.6 is 12.2 Å². The molecular formula is C22H27N3O3S.